The number of benzene rings is 1. The molecule has 1 unspecified atom stereocenters. The highest BCUT2D eigenvalue weighted by atomic mass is 16.6. The summed E-state index contributed by atoms with van der Waals surface area (Å²) in [5.74, 6) is -3.21. The molecule has 1 aromatic carbocycles. The van der Waals surface area contributed by atoms with Crippen molar-refractivity contribution in [2.45, 2.75) is 164 Å². The van der Waals surface area contributed by atoms with E-state index in [1.54, 1.807) is 25.7 Å². The minimum absolute atomic E-state index is 0.00466. The molecule has 0 spiro atoms. The van der Waals surface area contributed by atoms with Crippen LogP contribution in [0.3, 0.4) is 0 Å². The number of imide groups is 1. The lowest BCUT2D eigenvalue weighted by Crippen LogP contribution is -2.62. The van der Waals surface area contributed by atoms with Crippen molar-refractivity contribution >= 4 is 47.2 Å². The molecule has 1 aromatic rings. The molecule has 5 atom stereocenters. The van der Waals surface area contributed by atoms with Crippen LogP contribution >= 0.6 is 0 Å². The molecule has 3 aliphatic heterocycles. The van der Waals surface area contributed by atoms with Crippen LogP contribution in [0, 0.1) is 28.1 Å². The first kappa shape index (κ1) is 47.4. The summed E-state index contributed by atoms with van der Waals surface area (Å²) in [5.41, 5.74) is 0.240. The number of carbonyl (C=O) groups excluding carboxylic acids is 8. The van der Waals surface area contributed by atoms with Crippen molar-refractivity contribution in [3.8, 4) is 0 Å². The highest BCUT2D eigenvalue weighted by molar-refractivity contribution is 6.38. The number of hydrogen-bond acceptors (Lipinski definition) is 9. The summed E-state index contributed by atoms with van der Waals surface area (Å²) in [7, 11) is 0. The second-order valence-electron chi connectivity index (χ2n) is 20.9. The zero-order chi connectivity index (χ0) is 45.0. The van der Waals surface area contributed by atoms with Crippen LogP contribution in [0.5, 0.6) is 0 Å². The van der Waals surface area contributed by atoms with E-state index in [0.29, 0.717) is 32.4 Å². The lowest BCUT2D eigenvalue weighted by atomic mass is 9.80. The molecule has 6 amide bonds. The SMILES string of the molecule is CCCCC(CC(=O)[C@@H]1C[C@@H](OC(=O)N2CCc3ccccc3C2)CN1C(=O)[C@@H](NC(=O)N[C@H](CN1C(=O)CC(C)(C)CC1=O)C(C)(C)C)C(C)(C)C)C(=O)C(=O)CC1CC1. The first-order valence-corrected chi connectivity index (χ1v) is 22.3. The molecule has 1 saturated carbocycles. The van der Waals surface area contributed by atoms with Crippen LogP contribution in [-0.4, -0.2) is 106 Å². The fraction of sp³-hybridized carbons (Fsp3) is 0.702. The number of nitrogens with one attached hydrogen (secondary N) is 2. The largest absolute Gasteiger partial charge is 0.444 e. The Balaban J connectivity index is 1.36. The van der Waals surface area contributed by atoms with Gasteiger partial charge in [-0.3, -0.25) is 33.7 Å². The Morgan fingerprint density at radius 2 is 1.54 bits per heavy atom. The fourth-order valence-electron chi connectivity index (χ4n) is 8.65. The van der Waals surface area contributed by atoms with Gasteiger partial charge in [0, 0.05) is 57.7 Å². The smallest absolute Gasteiger partial charge is 0.410 e. The molecule has 1 aliphatic carbocycles. The van der Waals surface area contributed by atoms with Crippen molar-refractivity contribution < 1.29 is 43.1 Å². The molecule has 4 aliphatic rings. The van der Waals surface area contributed by atoms with E-state index in [2.05, 4.69) is 10.6 Å². The summed E-state index contributed by atoms with van der Waals surface area (Å²) in [6.45, 7) is 17.4. The van der Waals surface area contributed by atoms with Crippen LogP contribution in [0.25, 0.3) is 0 Å². The number of fused-ring (bicyclic) bond motifs is 1. The van der Waals surface area contributed by atoms with Gasteiger partial charge in [0.05, 0.1) is 18.6 Å². The molecule has 3 fully saturated rings. The van der Waals surface area contributed by atoms with Crippen molar-refractivity contribution in [1.82, 2.24) is 25.3 Å². The van der Waals surface area contributed by atoms with Gasteiger partial charge in [-0.25, -0.2) is 9.59 Å². The standard InChI is InChI=1S/C47H69N5O9/c1-10-11-14-31(40(57)36(54)21-29-17-18-29)22-35(53)34-23-33(61-44(60)50-20-19-30-15-12-13-16-32(30)26-50)27-51(34)42(58)41(46(5,6)7)49-43(59)48-37(45(2,3)4)28-52-38(55)24-47(8,9)25-39(52)56/h12-13,15-16,29,31,33-34,37,41H,10-11,14,17-28H2,1-9H3,(H2,48,49,59)/t31?,33-,34+,37-,41-/m1/s1. The molecule has 336 valence electrons. The molecule has 2 N–H and O–H groups in total. The van der Waals surface area contributed by atoms with Crippen molar-refractivity contribution in [2.75, 3.05) is 19.6 Å². The minimum Gasteiger partial charge on any atom is -0.444 e. The highest BCUT2D eigenvalue weighted by Gasteiger charge is 2.48. The van der Waals surface area contributed by atoms with Crippen molar-refractivity contribution in [1.29, 1.82) is 0 Å². The molecule has 14 heteroatoms. The van der Waals surface area contributed by atoms with Gasteiger partial charge in [-0.1, -0.05) is 99.4 Å². The van der Waals surface area contributed by atoms with Crippen LogP contribution in [-0.2, 0) is 46.5 Å². The molecule has 2 saturated heterocycles. The van der Waals surface area contributed by atoms with Crippen LogP contribution < -0.4 is 10.6 Å². The maximum absolute atomic E-state index is 14.8. The number of amides is 6. The Morgan fingerprint density at radius 1 is 0.902 bits per heavy atom. The molecular formula is C47H69N5O9. The van der Waals surface area contributed by atoms with Crippen molar-refractivity contribution in [2.24, 2.45) is 28.1 Å². The molecule has 5 rings (SSSR count). The van der Waals surface area contributed by atoms with Gasteiger partial charge in [0.1, 0.15) is 12.1 Å². The van der Waals surface area contributed by atoms with Crippen LogP contribution in [0.15, 0.2) is 24.3 Å². The Kier molecular flexibility index (Phi) is 14.9. The quantitative estimate of drug-likeness (QED) is 0.146. The molecular weight excluding hydrogens is 779 g/mol. The van der Waals surface area contributed by atoms with Gasteiger partial charge in [0.2, 0.25) is 23.5 Å². The van der Waals surface area contributed by atoms with Gasteiger partial charge in [0.15, 0.2) is 11.6 Å². The van der Waals surface area contributed by atoms with Gasteiger partial charge >= 0.3 is 12.1 Å². The third-order valence-corrected chi connectivity index (χ3v) is 12.7. The number of unbranched alkanes of at least 4 members (excludes halogenated alkanes) is 1. The summed E-state index contributed by atoms with van der Waals surface area (Å²) in [6, 6.07) is 4.26. The van der Waals surface area contributed by atoms with Gasteiger partial charge < -0.3 is 25.2 Å². The summed E-state index contributed by atoms with van der Waals surface area (Å²) in [6.07, 6.45) is 3.18. The molecule has 0 bridgehead atoms. The van der Waals surface area contributed by atoms with Gasteiger partial charge in [-0.2, -0.15) is 0 Å². The third-order valence-electron chi connectivity index (χ3n) is 12.7. The maximum atomic E-state index is 14.8. The summed E-state index contributed by atoms with van der Waals surface area (Å²) in [4.78, 5) is 114. The van der Waals surface area contributed by atoms with E-state index >= 15 is 0 Å². The normalized spacial score (nSPS) is 21.9. The van der Waals surface area contributed by atoms with E-state index in [-0.39, 0.29) is 62.9 Å². The molecule has 14 nitrogen and oxygen atoms in total. The van der Waals surface area contributed by atoms with E-state index in [1.165, 1.54) is 9.80 Å². The monoisotopic (exact) mass is 848 g/mol. The predicted octanol–water partition coefficient (Wildman–Crippen LogP) is 6.16. The number of nitrogens with zero attached hydrogens (tertiary/aromatic N) is 3. The average molecular weight is 848 g/mol. The number of likely N-dealkylation sites (tertiary alicyclic amines) is 2. The van der Waals surface area contributed by atoms with E-state index in [1.807, 2.05) is 65.8 Å². The van der Waals surface area contributed by atoms with E-state index in [9.17, 15) is 38.4 Å². The number of ether oxygens (including phenoxy) is 1. The Labute approximate surface area is 361 Å². The van der Waals surface area contributed by atoms with E-state index < -0.39 is 81.8 Å². The number of carbonyl (C=O) groups is 8. The highest BCUT2D eigenvalue weighted by Crippen LogP contribution is 2.35. The second-order valence-corrected chi connectivity index (χ2v) is 20.9. The lowest BCUT2D eigenvalue weighted by Gasteiger charge is -2.40. The van der Waals surface area contributed by atoms with Crippen LogP contribution in [0.2, 0.25) is 0 Å². The first-order chi connectivity index (χ1) is 28.5. The van der Waals surface area contributed by atoms with E-state index in [0.717, 1.165) is 30.4 Å². The number of hydrogen-bond donors (Lipinski definition) is 2. The summed E-state index contributed by atoms with van der Waals surface area (Å²) < 4.78 is 6.03. The number of urea groups is 1. The number of Topliss-reactive ketones (excluding diaryl/α,β-unsaturated/α-hetero) is 3. The van der Waals surface area contributed by atoms with Gasteiger partial charge in [-0.15, -0.1) is 0 Å². The maximum Gasteiger partial charge on any atom is 0.410 e. The third kappa shape index (κ3) is 12.5. The van der Waals surface area contributed by atoms with Gasteiger partial charge in [-0.05, 0) is 59.0 Å². The van der Waals surface area contributed by atoms with Crippen molar-refractivity contribution in [3.05, 3.63) is 35.4 Å². The van der Waals surface area contributed by atoms with Crippen LogP contribution in [0.4, 0.5) is 9.59 Å². The summed E-state index contributed by atoms with van der Waals surface area (Å²) in [5, 5.41) is 5.79. The molecule has 3 heterocycles. The number of piperidine rings is 1. The zero-order valence-corrected chi connectivity index (χ0v) is 37.9. The topological polar surface area (TPSA) is 180 Å². The molecule has 61 heavy (non-hydrogen) atoms. The Morgan fingerprint density at radius 3 is 2.13 bits per heavy atom. The van der Waals surface area contributed by atoms with E-state index in [4.69, 9.17) is 4.74 Å². The lowest BCUT2D eigenvalue weighted by molar-refractivity contribution is -0.153. The number of ketones is 3. The van der Waals surface area contributed by atoms with Gasteiger partial charge in [0.25, 0.3) is 0 Å². The van der Waals surface area contributed by atoms with Crippen molar-refractivity contribution in [3.63, 3.8) is 0 Å². The first-order valence-electron chi connectivity index (χ1n) is 22.3. The average Bonchev–Trinajstić information content (AvgIpc) is 3.89. The number of rotatable bonds is 16. The Bertz CT molecular complexity index is 1840. The molecule has 0 radical (unpaired) electrons. The summed E-state index contributed by atoms with van der Waals surface area (Å²) >= 11 is 0. The second kappa shape index (κ2) is 19.2. The molecule has 0 aromatic heterocycles. The fourth-order valence-corrected chi connectivity index (χ4v) is 8.65. The zero-order valence-electron chi connectivity index (χ0n) is 37.9. The van der Waals surface area contributed by atoms with Crippen LogP contribution in [0.1, 0.15) is 138 Å². The minimum atomic E-state index is -1.17. The predicted molar refractivity (Wildman–Crippen MR) is 229 cm³/mol. The Hall–Kier alpha value is -4.62.